The number of phenolic OH excluding ortho intramolecular Hbond substituents is 1. The van der Waals surface area contributed by atoms with Crippen molar-refractivity contribution in [2.24, 2.45) is 5.14 Å². The van der Waals surface area contributed by atoms with Crippen molar-refractivity contribution in [3.8, 4) is 5.75 Å². The smallest absolute Gasteiger partial charge is 0.238 e. The summed E-state index contributed by atoms with van der Waals surface area (Å²) in [6.07, 6.45) is 0.795. The van der Waals surface area contributed by atoms with Crippen LogP contribution in [0.1, 0.15) is 11.1 Å². The molecule has 2 aromatic carbocycles. The monoisotopic (exact) mass is 306 g/mol. The van der Waals surface area contributed by atoms with Crippen molar-refractivity contribution in [3.63, 3.8) is 0 Å². The van der Waals surface area contributed by atoms with E-state index in [1.165, 1.54) is 12.1 Å². The Kier molecular flexibility index (Phi) is 4.95. The van der Waals surface area contributed by atoms with E-state index in [1.807, 2.05) is 12.1 Å². The molecule has 0 saturated carbocycles. The number of benzene rings is 2. The molecule has 0 bridgehead atoms. The Labute approximate surface area is 124 Å². The minimum atomic E-state index is -3.62. The molecule has 0 heterocycles. The predicted molar refractivity (Wildman–Crippen MR) is 81.3 cm³/mol. The summed E-state index contributed by atoms with van der Waals surface area (Å²) in [5.41, 5.74) is 2.14. The highest BCUT2D eigenvalue weighted by molar-refractivity contribution is 7.89. The maximum atomic E-state index is 11.1. The van der Waals surface area contributed by atoms with Crippen molar-refractivity contribution in [2.45, 2.75) is 17.9 Å². The molecule has 0 atom stereocenters. The predicted octanol–water partition coefficient (Wildman–Crippen LogP) is 1.37. The SMILES string of the molecule is NS(=O)(=O)c1ccc(CCNCc2ccc(O)cc2)cc1. The minimum absolute atomic E-state index is 0.128. The van der Waals surface area contributed by atoms with Gasteiger partial charge in [-0.25, -0.2) is 13.6 Å². The van der Waals surface area contributed by atoms with E-state index in [1.54, 1.807) is 24.3 Å². The van der Waals surface area contributed by atoms with Crippen LogP contribution < -0.4 is 10.5 Å². The topological polar surface area (TPSA) is 92.4 Å². The number of rotatable bonds is 6. The quantitative estimate of drug-likeness (QED) is 0.703. The fourth-order valence-corrected chi connectivity index (χ4v) is 2.44. The molecule has 0 aromatic heterocycles. The molecular weight excluding hydrogens is 288 g/mol. The molecule has 0 aliphatic carbocycles. The van der Waals surface area contributed by atoms with Gasteiger partial charge in [0.1, 0.15) is 5.75 Å². The summed E-state index contributed by atoms with van der Waals surface area (Å²) >= 11 is 0. The molecule has 0 radical (unpaired) electrons. The summed E-state index contributed by atoms with van der Waals surface area (Å²) in [5, 5.41) is 17.5. The number of nitrogens with one attached hydrogen (secondary N) is 1. The van der Waals surface area contributed by atoms with Gasteiger partial charge in [-0.2, -0.15) is 0 Å². The van der Waals surface area contributed by atoms with E-state index in [0.717, 1.165) is 30.6 Å². The first-order valence-corrected chi connectivity index (χ1v) is 8.10. The Morgan fingerprint density at radius 1 is 0.952 bits per heavy atom. The molecule has 4 N–H and O–H groups in total. The summed E-state index contributed by atoms with van der Waals surface area (Å²) < 4.78 is 22.3. The molecule has 6 heteroatoms. The summed E-state index contributed by atoms with van der Waals surface area (Å²) in [6, 6.07) is 13.6. The van der Waals surface area contributed by atoms with Gasteiger partial charge in [0.2, 0.25) is 10.0 Å². The van der Waals surface area contributed by atoms with E-state index >= 15 is 0 Å². The minimum Gasteiger partial charge on any atom is -0.508 e. The van der Waals surface area contributed by atoms with Crippen molar-refractivity contribution in [1.29, 1.82) is 0 Å². The molecule has 0 spiro atoms. The molecular formula is C15H18N2O3S. The Bertz CT molecular complexity index is 680. The fourth-order valence-electron chi connectivity index (χ4n) is 1.93. The van der Waals surface area contributed by atoms with E-state index in [-0.39, 0.29) is 10.6 Å². The van der Waals surface area contributed by atoms with Crippen molar-refractivity contribution in [2.75, 3.05) is 6.54 Å². The summed E-state index contributed by atoms with van der Waals surface area (Å²) in [7, 11) is -3.62. The Hall–Kier alpha value is -1.89. The molecule has 112 valence electrons. The first-order valence-electron chi connectivity index (χ1n) is 6.55. The van der Waals surface area contributed by atoms with Crippen LogP contribution in [0, 0.1) is 0 Å². The van der Waals surface area contributed by atoms with Crippen molar-refractivity contribution in [1.82, 2.24) is 5.32 Å². The summed E-state index contributed by atoms with van der Waals surface area (Å²) in [4.78, 5) is 0.128. The maximum Gasteiger partial charge on any atom is 0.238 e. The van der Waals surface area contributed by atoms with Gasteiger partial charge in [0.05, 0.1) is 4.90 Å². The third-order valence-corrected chi connectivity index (χ3v) is 4.04. The molecule has 0 unspecified atom stereocenters. The standard InChI is InChI=1S/C15H18N2O3S/c16-21(19,20)15-7-3-12(4-8-15)9-10-17-11-13-1-5-14(18)6-2-13/h1-8,17-18H,9-11H2,(H2,16,19,20). The van der Waals surface area contributed by atoms with E-state index in [4.69, 9.17) is 5.14 Å². The van der Waals surface area contributed by atoms with Crippen molar-refractivity contribution < 1.29 is 13.5 Å². The van der Waals surface area contributed by atoms with Gasteiger partial charge < -0.3 is 10.4 Å². The third-order valence-electron chi connectivity index (χ3n) is 3.11. The van der Waals surface area contributed by atoms with Gasteiger partial charge in [0, 0.05) is 6.54 Å². The summed E-state index contributed by atoms with van der Waals surface area (Å²) in [5.74, 6) is 0.258. The number of hydrogen-bond acceptors (Lipinski definition) is 4. The molecule has 0 saturated heterocycles. The molecule has 0 fully saturated rings. The van der Waals surface area contributed by atoms with Crippen molar-refractivity contribution in [3.05, 3.63) is 59.7 Å². The van der Waals surface area contributed by atoms with Gasteiger partial charge in [-0.1, -0.05) is 24.3 Å². The molecule has 21 heavy (non-hydrogen) atoms. The van der Waals surface area contributed by atoms with Crippen LogP contribution in [0.15, 0.2) is 53.4 Å². The van der Waals surface area contributed by atoms with E-state index in [0.29, 0.717) is 0 Å². The van der Waals surface area contributed by atoms with Gasteiger partial charge in [0.25, 0.3) is 0 Å². The Morgan fingerprint density at radius 3 is 2.10 bits per heavy atom. The van der Waals surface area contributed by atoms with Crippen LogP contribution in [0.3, 0.4) is 0 Å². The van der Waals surface area contributed by atoms with E-state index in [9.17, 15) is 13.5 Å². The zero-order valence-electron chi connectivity index (χ0n) is 11.5. The second-order valence-electron chi connectivity index (χ2n) is 4.78. The van der Waals surface area contributed by atoms with Gasteiger partial charge in [-0.05, 0) is 48.4 Å². The lowest BCUT2D eigenvalue weighted by molar-refractivity contribution is 0.475. The van der Waals surface area contributed by atoms with Crippen LogP contribution in [-0.2, 0) is 23.0 Å². The molecule has 0 aliphatic heterocycles. The molecule has 0 amide bonds. The second kappa shape index (κ2) is 6.71. The van der Waals surface area contributed by atoms with Crippen LogP contribution in [0.4, 0.5) is 0 Å². The lowest BCUT2D eigenvalue weighted by Crippen LogP contribution is -2.16. The normalized spacial score (nSPS) is 11.5. The third kappa shape index (κ3) is 4.86. The lowest BCUT2D eigenvalue weighted by Gasteiger charge is -2.06. The average Bonchev–Trinajstić information content (AvgIpc) is 2.45. The highest BCUT2D eigenvalue weighted by Crippen LogP contribution is 2.10. The highest BCUT2D eigenvalue weighted by atomic mass is 32.2. The van der Waals surface area contributed by atoms with Gasteiger partial charge in [-0.3, -0.25) is 0 Å². The van der Waals surface area contributed by atoms with Gasteiger partial charge in [0.15, 0.2) is 0 Å². The largest absolute Gasteiger partial charge is 0.508 e. The zero-order chi connectivity index (χ0) is 15.3. The first-order chi connectivity index (χ1) is 9.95. The van der Waals surface area contributed by atoms with E-state index < -0.39 is 10.0 Å². The van der Waals surface area contributed by atoms with Crippen LogP contribution >= 0.6 is 0 Å². The summed E-state index contributed by atoms with van der Waals surface area (Å²) in [6.45, 7) is 1.49. The number of hydrogen-bond donors (Lipinski definition) is 3. The second-order valence-corrected chi connectivity index (χ2v) is 6.34. The van der Waals surface area contributed by atoms with Crippen LogP contribution in [0.5, 0.6) is 5.75 Å². The number of primary sulfonamides is 1. The average molecular weight is 306 g/mol. The van der Waals surface area contributed by atoms with Gasteiger partial charge in [-0.15, -0.1) is 0 Å². The first kappa shape index (κ1) is 15.5. The molecule has 2 aromatic rings. The molecule has 0 aliphatic rings. The number of aromatic hydroxyl groups is 1. The van der Waals surface area contributed by atoms with E-state index in [2.05, 4.69) is 5.32 Å². The zero-order valence-corrected chi connectivity index (χ0v) is 12.3. The maximum absolute atomic E-state index is 11.1. The Balaban J connectivity index is 1.80. The van der Waals surface area contributed by atoms with Gasteiger partial charge >= 0.3 is 0 Å². The number of sulfonamides is 1. The van der Waals surface area contributed by atoms with Crippen molar-refractivity contribution >= 4 is 10.0 Å². The van der Waals surface area contributed by atoms with Crippen LogP contribution in [0.25, 0.3) is 0 Å². The molecule has 5 nitrogen and oxygen atoms in total. The number of phenols is 1. The van der Waals surface area contributed by atoms with Crippen LogP contribution in [-0.4, -0.2) is 20.1 Å². The van der Waals surface area contributed by atoms with Crippen LogP contribution in [0.2, 0.25) is 0 Å². The highest BCUT2D eigenvalue weighted by Gasteiger charge is 2.06. The molecule has 2 rings (SSSR count). The fraction of sp³-hybridized carbons (Fsp3) is 0.200. The Morgan fingerprint density at radius 2 is 1.52 bits per heavy atom. The lowest BCUT2D eigenvalue weighted by atomic mass is 10.1. The number of nitrogens with two attached hydrogens (primary N) is 1.